The predicted octanol–water partition coefficient (Wildman–Crippen LogP) is 7.20. The molecule has 0 bridgehead atoms. The molecule has 0 N–H and O–H groups in total. The lowest BCUT2D eigenvalue weighted by Gasteiger charge is -2.22. The van der Waals surface area contributed by atoms with Gasteiger partial charge in [-0.3, -0.25) is 4.79 Å². The van der Waals surface area contributed by atoms with Gasteiger partial charge in [0.25, 0.3) is 5.91 Å². The van der Waals surface area contributed by atoms with Gasteiger partial charge in [0.2, 0.25) is 0 Å². The molecule has 2 heterocycles. The van der Waals surface area contributed by atoms with E-state index in [2.05, 4.69) is 0 Å². The van der Waals surface area contributed by atoms with E-state index in [0.717, 1.165) is 33.8 Å². The lowest BCUT2D eigenvalue weighted by molar-refractivity contribution is 0.0712. The molecule has 1 aliphatic rings. The fourth-order valence-corrected chi connectivity index (χ4v) is 5.23. The molecular weight excluding hydrogens is 536 g/mol. The Kier molecular flexibility index (Phi) is 7.27. The number of hydrazone groups is 1. The number of benzene rings is 4. The zero-order valence-electron chi connectivity index (χ0n) is 22.6. The zero-order valence-corrected chi connectivity index (χ0v) is 23.3. The first-order valence-electron chi connectivity index (χ1n) is 13.1. The molecule has 1 amide bonds. The number of hydrogen-bond donors (Lipinski definition) is 0. The summed E-state index contributed by atoms with van der Waals surface area (Å²) in [7, 11) is 3.21. The summed E-state index contributed by atoms with van der Waals surface area (Å²) in [4.78, 5) is 14.1. The summed E-state index contributed by atoms with van der Waals surface area (Å²) >= 11 is 6.49. The highest BCUT2D eigenvalue weighted by Crippen LogP contribution is 2.40. The number of amides is 1. The Morgan fingerprint density at radius 3 is 2.12 bits per heavy atom. The molecule has 0 spiro atoms. The van der Waals surface area contributed by atoms with Gasteiger partial charge in [-0.25, -0.2) is 9.69 Å². The lowest BCUT2D eigenvalue weighted by atomic mass is 9.96. The van der Waals surface area contributed by atoms with Gasteiger partial charge in [-0.15, -0.1) is 0 Å². The number of carbonyl (C=O) groups excluding carboxylic acids is 1. The van der Waals surface area contributed by atoms with Gasteiger partial charge in [-0.05, 0) is 36.4 Å². The van der Waals surface area contributed by atoms with E-state index in [9.17, 15) is 4.79 Å². The van der Waals surface area contributed by atoms with E-state index in [0.29, 0.717) is 28.5 Å². The maximum Gasteiger partial charge on any atom is 0.276 e. The first-order valence-corrected chi connectivity index (χ1v) is 13.5. The second kappa shape index (κ2) is 11.3. The number of aromatic nitrogens is 2. The molecule has 5 aromatic rings. The maximum atomic E-state index is 14.1. The van der Waals surface area contributed by atoms with Crippen LogP contribution in [0.25, 0.3) is 16.9 Å². The van der Waals surface area contributed by atoms with E-state index in [1.54, 1.807) is 44.6 Å². The Morgan fingerprint density at radius 2 is 1.46 bits per heavy atom. The third-order valence-corrected chi connectivity index (χ3v) is 7.41. The molecule has 1 aromatic heterocycles. The van der Waals surface area contributed by atoms with Crippen molar-refractivity contribution in [2.45, 2.75) is 12.5 Å². The molecule has 1 atom stereocenters. The molecule has 0 saturated heterocycles. The summed E-state index contributed by atoms with van der Waals surface area (Å²) in [5.74, 6) is 0.977. The number of halogens is 1. The van der Waals surface area contributed by atoms with E-state index in [1.165, 1.54) is 5.01 Å². The Morgan fingerprint density at radius 1 is 0.829 bits per heavy atom. The second-order valence-corrected chi connectivity index (χ2v) is 9.98. The Bertz CT molecular complexity index is 1710. The van der Waals surface area contributed by atoms with Gasteiger partial charge < -0.3 is 9.47 Å². The molecule has 0 aliphatic carbocycles. The minimum absolute atomic E-state index is 0.295. The average Bonchev–Trinajstić information content (AvgIpc) is 3.67. The number of hydrogen-bond acceptors (Lipinski definition) is 5. The largest absolute Gasteiger partial charge is 0.497 e. The smallest absolute Gasteiger partial charge is 0.276 e. The fourth-order valence-electron chi connectivity index (χ4n) is 5.01. The number of carbonyl (C=O) groups is 1. The predicted molar refractivity (Wildman–Crippen MR) is 160 cm³/mol. The SMILES string of the molecule is COc1cc(OC)cc(C2=NN(C(=O)c3ccccc3Cl)C(c3cn(-c4ccccc4)nc3-c3ccccc3)C2)c1. The second-order valence-electron chi connectivity index (χ2n) is 9.58. The number of ether oxygens (including phenoxy) is 2. The maximum absolute atomic E-state index is 14.1. The van der Waals surface area contributed by atoms with E-state index < -0.39 is 6.04 Å². The highest BCUT2D eigenvalue weighted by atomic mass is 35.5. The van der Waals surface area contributed by atoms with E-state index >= 15 is 0 Å². The molecule has 0 saturated carbocycles. The Hall–Kier alpha value is -4.88. The van der Waals surface area contributed by atoms with Gasteiger partial charge in [-0.1, -0.05) is 72.3 Å². The highest BCUT2D eigenvalue weighted by Gasteiger charge is 2.37. The van der Waals surface area contributed by atoms with Crippen LogP contribution in [0.4, 0.5) is 0 Å². The fraction of sp³-hybridized carbons (Fsp3) is 0.121. The van der Waals surface area contributed by atoms with Crippen molar-refractivity contribution in [3.05, 3.63) is 131 Å². The molecule has 4 aromatic carbocycles. The van der Waals surface area contributed by atoms with Crippen molar-refractivity contribution in [1.29, 1.82) is 0 Å². The van der Waals surface area contributed by atoms with Crippen LogP contribution in [0.5, 0.6) is 11.5 Å². The molecule has 204 valence electrons. The highest BCUT2D eigenvalue weighted by molar-refractivity contribution is 6.33. The summed E-state index contributed by atoms with van der Waals surface area (Å²) in [6.07, 6.45) is 2.44. The molecule has 1 unspecified atom stereocenters. The van der Waals surface area contributed by atoms with E-state index in [-0.39, 0.29) is 5.91 Å². The normalized spacial score (nSPS) is 14.6. The van der Waals surface area contributed by atoms with Gasteiger partial charge >= 0.3 is 0 Å². The van der Waals surface area contributed by atoms with E-state index in [4.69, 9.17) is 31.3 Å². The summed E-state index contributed by atoms with van der Waals surface area (Å²) in [6, 6.07) is 32.0. The third kappa shape index (κ3) is 5.19. The van der Waals surface area contributed by atoms with Crippen molar-refractivity contribution in [3.8, 4) is 28.4 Å². The summed E-state index contributed by atoms with van der Waals surface area (Å²) in [6.45, 7) is 0. The van der Waals surface area contributed by atoms with Crippen LogP contribution in [0.2, 0.25) is 5.02 Å². The van der Waals surface area contributed by atoms with Gasteiger partial charge in [0.15, 0.2) is 0 Å². The van der Waals surface area contributed by atoms with Crippen molar-refractivity contribution in [3.63, 3.8) is 0 Å². The number of para-hydroxylation sites is 1. The summed E-state index contributed by atoms with van der Waals surface area (Å²) < 4.78 is 12.9. The Balaban J connectivity index is 1.51. The average molecular weight is 563 g/mol. The van der Waals surface area contributed by atoms with Crippen molar-refractivity contribution < 1.29 is 14.3 Å². The molecule has 8 heteroatoms. The van der Waals surface area contributed by atoms with Crippen molar-refractivity contribution in [1.82, 2.24) is 14.8 Å². The molecule has 1 aliphatic heterocycles. The molecule has 6 rings (SSSR count). The van der Waals surface area contributed by atoms with Crippen LogP contribution < -0.4 is 9.47 Å². The van der Waals surface area contributed by atoms with Crippen molar-refractivity contribution >= 4 is 23.2 Å². The topological polar surface area (TPSA) is 69.0 Å². The lowest BCUT2D eigenvalue weighted by Crippen LogP contribution is -2.27. The van der Waals surface area contributed by atoms with Crippen molar-refractivity contribution in [2.24, 2.45) is 5.10 Å². The number of rotatable bonds is 7. The minimum atomic E-state index is -0.446. The van der Waals surface area contributed by atoms with Gasteiger partial charge in [0.1, 0.15) is 11.5 Å². The van der Waals surface area contributed by atoms with Crippen LogP contribution in [0.15, 0.2) is 114 Å². The first-order chi connectivity index (χ1) is 20.1. The van der Waals surface area contributed by atoms with Crippen LogP contribution in [0, 0.1) is 0 Å². The van der Waals surface area contributed by atoms with Crippen LogP contribution >= 0.6 is 11.6 Å². The standard InChI is InChI=1S/C33H27ClN4O3/c1-40-25-17-23(18-26(19-25)41-2)30-20-31(38(35-30)33(39)27-15-9-10-16-29(27)34)28-21-37(24-13-7-4-8-14-24)36-32(28)22-11-5-3-6-12-22/h3-19,21,31H,20H2,1-2H3. The first kappa shape index (κ1) is 26.3. The van der Waals surface area contributed by atoms with Crippen LogP contribution in [-0.2, 0) is 0 Å². The van der Waals surface area contributed by atoms with Gasteiger partial charge in [0, 0.05) is 35.4 Å². The van der Waals surface area contributed by atoms with E-state index in [1.807, 2.05) is 83.7 Å². The van der Waals surface area contributed by atoms with Crippen molar-refractivity contribution in [2.75, 3.05) is 14.2 Å². The van der Waals surface area contributed by atoms with Crippen LogP contribution in [0.3, 0.4) is 0 Å². The van der Waals surface area contributed by atoms with Gasteiger partial charge in [-0.2, -0.15) is 10.2 Å². The molecular formula is C33H27ClN4O3. The monoisotopic (exact) mass is 562 g/mol. The summed E-state index contributed by atoms with van der Waals surface area (Å²) in [5, 5.41) is 11.8. The van der Waals surface area contributed by atoms with Crippen LogP contribution in [0.1, 0.15) is 33.9 Å². The minimum Gasteiger partial charge on any atom is -0.497 e. The quantitative estimate of drug-likeness (QED) is 0.210. The third-order valence-electron chi connectivity index (χ3n) is 7.08. The van der Waals surface area contributed by atoms with Crippen LogP contribution in [-0.4, -0.2) is 40.6 Å². The van der Waals surface area contributed by atoms with Gasteiger partial charge in [0.05, 0.1) is 47.9 Å². The molecule has 7 nitrogen and oxygen atoms in total. The number of nitrogens with zero attached hydrogens (tertiary/aromatic N) is 4. The molecule has 0 radical (unpaired) electrons. The molecule has 41 heavy (non-hydrogen) atoms. The Labute approximate surface area is 243 Å². The number of methoxy groups -OCH3 is 2. The summed E-state index contributed by atoms with van der Waals surface area (Å²) in [5.41, 5.74) is 5.40. The molecule has 0 fully saturated rings. The zero-order chi connectivity index (χ0) is 28.3.